The van der Waals surface area contributed by atoms with Crippen LogP contribution in [0.15, 0.2) is 47.5 Å². The minimum Gasteiger partial charge on any atom is -0.474 e. The molecule has 0 bridgehead atoms. The van der Waals surface area contributed by atoms with Gasteiger partial charge in [-0.15, -0.1) is 11.8 Å². The van der Waals surface area contributed by atoms with Crippen LogP contribution in [0.4, 0.5) is 0 Å². The van der Waals surface area contributed by atoms with Gasteiger partial charge in [-0.1, -0.05) is 18.2 Å². The minimum atomic E-state index is 0.0670. The van der Waals surface area contributed by atoms with E-state index in [0.717, 1.165) is 31.7 Å². The minimum absolute atomic E-state index is 0.0670. The van der Waals surface area contributed by atoms with Crippen LogP contribution < -0.4 is 9.47 Å². The van der Waals surface area contributed by atoms with E-state index in [2.05, 4.69) is 22.1 Å². The van der Waals surface area contributed by atoms with E-state index in [1.807, 2.05) is 23.1 Å². The Morgan fingerprint density at radius 2 is 2.00 bits per heavy atom. The third kappa shape index (κ3) is 5.36. The molecule has 1 aliphatic rings. The lowest BCUT2D eigenvalue weighted by atomic mass is 10.1. The summed E-state index contributed by atoms with van der Waals surface area (Å²) >= 11 is 1.72. The van der Waals surface area contributed by atoms with Crippen LogP contribution in [0.2, 0.25) is 0 Å². The van der Waals surface area contributed by atoms with Crippen LogP contribution in [0.3, 0.4) is 0 Å². The van der Waals surface area contributed by atoms with Crippen LogP contribution in [0.5, 0.6) is 11.9 Å². The number of carbonyl (C=O) groups excluding carboxylic acids is 1. The van der Waals surface area contributed by atoms with E-state index >= 15 is 0 Å². The van der Waals surface area contributed by atoms with E-state index in [1.54, 1.807) is 24.0 Å². The number of methoxy groups -OCH3 is 1. The summed E-state index contributed by atoms with van der Waals surface area (Å²) in [5.41, 5.74) is 0. The van der Waals surface area contributed by atoms with Gasteiger partial charge in [-0.05, 0) is 12.1 Å². The Hall–Kier alpha value is -2.28. The van der Waals surface area contributed by atoms with Crippen molar-refractivity contribution in [3.63, 3.8) is 0 Å². The molecule has 1 fully saturated rings. The van der Waals surface area contributed by atoms with Gasteiger partial charge in [0.25, 0.3) is 0 Å². The molecule has 26 heavy (non-hydrogen) atoms. The molecule has 0 radical (unpaired) electrons. The average molecular weight is 373 g/mol. The number of ether oxygens (including phenoxy) is 2. The number of piperidine rings is 1. The molecule has 0 atom stereocenters. The predicted molar refractivity (Wildman–Crippen MR) is 101 cm³/mol. The second-order valence-electron chi connectivity index (χ2n) is 5.99. The normalized spacial score (nSPS) is 14.9. The van der Waals surface area contributed by atoms with E-state index in [4.69, 9.17) is 9.47 Å². The third-order valence-electron chi connectivity index (χ3n) is 4.20. The number of hydrogen-bond donors (Lipinski definition) is 0. The lowest BCUT2D eigenvalue weighted by molar-refractivity contribution is -0.132. The van der Waals surface area contributed by atoms with Gasteiger partial charge in [-0.3, -0.25) is 4.79 Å². The number of benzene rings is 1. The van der Waals surface area contributed by atoms with Crippen molar-refractivity contribution in [3.05, 3.63) is 42.6 Å². The van der Waals surface area contributed by atoms with E-state index < -0.39 is 0 Å². The van der Waals surface area contributed by atoms with Crippen LogP contribution >= 0.6 is 11.8 Å². The highest BCUT2D eigenvalue weighted by molar-refractivity contribution is 7.99. The fraction of sp³-hybridized carbons (Fsp3) is 0.421. The number of carbonyl (C=O) groups is 1. The SMILES string of the molecule is COc1nccc(OC2CCN(C(=O)CCSc3ccccc3)CC2)n1. The van der Waals surface area contributed by atoms with Crippen molar-refractivity contribution in [2.75, 3.05) is 26.0 Å². The lowest BCUT2D eigenvalue weighted by Crippen LogP contribution is -2.42. The number of nitrogens with zero attached hydrogens (tertiary/aromatic N) is 3. The van der Waals surface area contributed by atoms with Crippen molar-refractivity contribution in [3.8, 4) is 11.9 Å². The molecule has 1 amide bonds. The average Bonchev–Trinajstić information content (AvgIpc) is 2.69. The zero-order valence-corrected chi connectivity index (χ0v) is 15.7. The quantitative estimate of drug-likeness (QED) is 0.695. The molecule has 1 aromatic heterocycles. The van der Waals surface area contributed by atoms with E-state index in [-0.39, 0.29) is 12.0 Å². The molecule has 0 saturated carbocycles. The zero-order valence-electron chi connectivity index (χ0n) is 14.8. The maximum Gasteiger partial charge on any atom is 0.319 e. The molecule has 0 unspecified atom stereocenters. The summed E-state index contributed by atoms with van der Waals surface area (Å²) in [6.45, 7) is 1.45. The number of thioether (sulfide) groups is 1. The Labute approximate surface area is 157 Å². The van der Waals surface area contributed by atoms with Gasteiger partial charge in [0.1, 0.15) is 6.10 Å². The molecule has 138 valence electrons. The first-order valence-corrected chi connectivity index (χ1v) is 9.72. The summed E-state index contributed by atoms with van der Waals surface area (Å²) in [5.74, 6) is 1.54. The molecule has 2 aromatic rings. The maximum absolute atomic E-state index is 12.4. The summed E-state index contributed by atoms with van der Waals surface area (Å²) in [4.78, 5) is 23.6. The highest BCUT2D eigenvalue weighted by Gasteiger charge is 2.24. The molecule has 6 nitrogen and oxygen atoms in total. The van der Waals surface area contributed by atoms with Gasteiger partial charge in [0.2, 0.25) is 11.8 Å². The number of hydrogen-bond acceptors (Lipinski definition) is 6. The Balaban J connectivity index is 1.39. The smallest absolute Gasteiger partial charge is 0.319 e. The van der Waals surface area contributed by atoms with Gasteiger partial charge in [0.05, 0.1) is 7.11 Å². The topological polar surface area (TPSA) is 64.6 Å². The summed E-state index contributed by atoms with van der Waals surface area (Å²) in [6.07, 6.45) is 3.86. The van der Waals surface area contributed by atoms with E-state index in [9.17, 15) is 4.79 Å². The van der Waals surface area contributed by atoms with Crippen molar-refractivity contribution in [2.45, 2.75) is 30.3 Å². The molecule has 3 rings (SSSR count). The monoisotopic (exact) mass is 373 g/mol. The predicted octanol–water partition coefficient (Wildman–Crippen LogP) is 3.04. The number of amides is 1. The van der Waals surface area contributed by atoms with Crippen molar-refractivity contribution in [1.82, 2.24) is 14.9 Å². The maximum atomic E-state index is 12.4. The molecule has 1 aromatic carbocycles. The summed E-state index contributed by atoms with van der Waals surface area (Å²) < 4.78 is 10.9. The van der Waals surface area contributed by atoms with Crippen LogP contribution in [0.1, 0.15) is 19.3 Å². The lowest BCUT2D eigenvalue weighted by Gasteiger charge is -2.32. The first kappa shape index (κ1) is 18.5. The number of rotatable bonds is 7. The zero-order chi connectivity index (χ0) is 18.2. The third-order valence-corrected chi connectivity index (χ3v) is 5.21. The molecular formula is C19H23N3O3S. The largest absolute Gasteiger partial charge is 0.474 e. The standard InChI is InChI=1S/C19H23N3O3S/c1-24-19-20-11-7-17(21-19)25-15-8-12-22(13-9-15)18(23)10-14-26-16-5-3-2-4-6-16/h2-7,11,15H,8-10,12-14H2,1H3. The molecule has 0 N–H and O–H groups in total. The van der Waals surface area contributed by atoms with Crippen molar-refractivity contribution < 1.29 is 14.3 Å². The Bertz CT molecular complexity index is 706. The van der Waals surface area contributed by atoms with Gasteiger partial charge >= 0.3 is 6.01 Å². The highest BCUT2D eigenvalue weighted by atomic mass is 32.2. The molecule has 2 heterocycles. The summed E-state index contributed by atoms with van der Waals surface area (Å²) in [6, 6.07) is 12.2. The fourth-order valence-electron chi connectivity index (χ4n) is 2.81. The first-order valence-electron chi connectivity index (χ1n) is 8.74. The molecular weight excluding hydrogens is 350 g/mol. The molecule has 0 aliphatic carbocycles. The second-order valence-corrected chi connectivity index (χ2v) is 7.16. The van der Waals surface area contributed by atoms with Crippen LogP contribution in [-0.4, -0.2) is 52.8 Å². The Morgan fingerprint density at radius 3 is 2.73 bits per heavy atom. The van der Waals surface area contributed by atoms with Crippen LogP contribution in [-0.2, 0) is 4.79 Å². The van der Waals surface area contributed by atoms with Gasteiger partial charge < -0.3 is 14.4 Å². The van der Waals surface area contributed by atoms with Gasteiger partial charge in [-0.2, -0.15) is 4.98 Å². The number of likely N-dealkylation sites (tertiary alicyclic amines) is 1. The van der Waals surface area contributed by atoms with Crippen molar-refractivity contribution >= 4 is 17.7 Å². The van der Waals surface area contributed by atoms with Crippen LogP contribution in [0.25, 0.3) is 0 Å². The number of aromatic nitrogens is 2. The Morgan fingerprint density at radius 1 is 1.23 bits per heavy atom. The van der Waals surface area contributed by atoms with Crippen LogP contribution in [0, 0.1) is 0 Å². The van der Waals surface area contributed by atoms with E-state index in [0.29, 0.717) is 18.3 Å². The molecule has 7 heteroatoms. The van der Waals surface area contributed by atoms with Crippen molar-refractivity contribution in [2.24, 2.45) is 0 Å². The molecule has 1 aliphatic heterocycles. The Kier molecular flexibility index (Phi) is 6.71. The van der Waals surface area contributed by atoms with Gasteiger partial charge in [0, 0.05) is 55.3 Å². The van der Waals surface area contributed by atoms with Crippen molar-refractivity contribution in [1.29, 1.82) is 0 Å². The van der Waals surface area contributed by atoms with Gasteiger partial charge in [0.15, 0.2) is 0 Å². The summed E-state index contributed by atoms with van der Waals surface area (Å²) in [7, 11) is 1.53. The van der Waals surface area contributed by atoms with E-state index in [1.165, 1.54) is 12.0 Å². The summed E-state index contributed by atoms with van der Waals surface area (Å²) in [5, 5.41) is 0. The second kappa shape index (κ2) is 9.43. The highest BCUT2D eigenvalue weighted by Crippen LogP contribution is 2.21. The fourth-order valence-corrected chi connectivity index (χ4v) is 3.68. The van der Waals surface area contributed by atoms with Gasteiger partial charge in [-0.25, -0.2) is 4.98 Å². The molecule has 1 saturated heterocycles. The first-order chi connectivity index (χ1) is 12.7. The molecule has 0 spiro atoms.